The lowest BCUT2D eigenvalue weighted by molar-refractivity contribution is 0.283. The molecule has 0 atom stereocenters. The number of aryl methyl sites for hydroxylation is 6. The van der Waals surface area contributed by atoms with Crippen molar-refractivity contribution < 1.29 is 5.11 Å². The van der Waals surface area contributed by atoms with Gasteiger partial charge in [-0.15, -0.1) is 0 Å². The van der Waals surface area contributed by atoms with Crippen molar-refractivity contribution in [1.29, 1.82) is 0 Å². The number of rotatable bonds is 12. The minimum atomic E-state index is 0.306. The molecule has 0 aromatic heterocycles. The molecule has 0 saturated heterocycles. The normalized spacial score (nSPS) is 11.1. The first kappa shape index (κ1) is 24.3. The molecule has 0 radical (unpaired) electrons. The Morgan fingerprint density at radius 2 is 1.00 bits per heavy atom. The monoisotopic (exact) mass is 428 g/mol. The molecule has 0 aliphatic heterocycles. The van der Waals surface area contributed by atoms with E-state index in [9.17, 15) is 0 Å². The van der Waals surface area contributed by atoms with E-state index >= 15 is 0 Å². The summed E-state index contributed by atoms with van der Waals surface area (Å²) in [6.07, 6.45) is 9.67. The van der Waals surface area contributed by atoms with Crippen LogP contribution in [0.1, 0.15) is 73.4 Å². The van der Waals surface area contributed by atoms with Crippen LogP contribution in [0.4, 0.5) is 0 Å². The van der Waals surface area contributed by atoms with Gasteiger partial charge in [0.1, 0.15) is 0 Å². The van der Waals surface area contributed by atoms with E-state index in [1.165, 1.54) is 44.5 Å². The summed E-state index contributed by atoms with van der Waals surface area (Å²) in [4.78, 5) is 0. The Morgan fingerprint density at radius 1 is 0.500 bits per heavy atom. The molecule has 0 fully saturated rings. The molecular weight excluding hydrogens is 388 g/mol. The van der Waals surface area contributed by atoms with Gasteiger partial charge in [-0.05, 0) is 95.9 Å². The van der Waals surface area contributed by atoms with Crippen LogP contribution >= 0.6 is 0 Å². The summed E-state index contributed by atoms with van der Waals surface area (Å²) < 4.78 is 0. The second kappa shape index (κ2) is 12.6. The van der Waals surface area contributed by atoms with Crippen LogP contribution in [0.2, 0.25) is 0 Å². The van der Waals surface area contributed by atoms with E-state index in [0.717, 1.165) is 57.8 Å². The minimum absolute atomic E-state index is 0.306. The predicted molar refractivity (Wildman–Crippen MR) is 139 cm³/mol. The Bertz CT molecular complexity index is 968. The average molecular weight is 429 g/mol. The van der Waals surface area contributed by atoms with E-state index in [2.05, 4.69) is 81.4 Å². The zero-order chi connectivity index (χ0) is 22.8. The standard InChI is InChI=1S/C31H40O/c1-4-24-11-13-25(14-12-24)15-16-27-18-20-31(29(6-3)23-27)30-19-17-26(22-28(30)5-2)10-8-7-9-21-32/h11-14,17-20,22-23,32H,4-10,15-16,21H2,1-3H3. The molecule has 0 amide bonds. The highest BCUT2D eigenvalue weighted by Crippen LogP contribution is 2.30. The lowest BCUT2D eigenvalue weighted by atomic mass is 9.89. The number of benzene rings is 3. The van der Waals surface area contributed by atoms with Gasteiger partial charge in [-0.25, -0.2) is 0 Å². The van der Waals surface area contributed by atoms with Crippen LogP contribution in [-0.2, 0) is 38.5 Å². The lowest BCUT2D eigenvalue weighted by Gasteiger charge is -2.16. The zero-order valence-electron chi connectivity index (χ0n) is 20.3. The molecule has 0 bridgehead atoms. The predicted octanol–water partition coefficient (Wildman–Crippen LogP) is 7.53. The van der Waals surface area contributed by atoms with Crippen LogP contribution in [-0.4, -0.2) is 11.7 Å². The van der Waals surface area contributed by atoms with Gasteiger partial charge in [-0.3, -0.25) is 0 Å². The van der Waals surface area contributed by atoms with Gasteiger partial charge in [-0.1, -0.05) is 87.9 Å². The maximum Gasteiger partial charge on any atom is 0.0431 e. The first-order valence-corrected chi connectivity index (χ1v) is 12.6. The quantitative estimate of drug-likeness (QED) is 0.296. The molecule has 170 valence electrons. The highest BCUT2D eigenvalue weighted by Gasteiger charge is 2.10. The molecule has 0 aliphatic rings. The van der Waals surface area contributed by atoms with Gasteiger partial charge in [0, 0.05) is 6.61 Å². The van der Waals surface area contributed by atoms with E-state index in [1.54, 1.807) is 0 Å². The molecule has 1 nitrogen and oxygen atoms in total. The van der Waals surface area contributed by atoms with Crippen LogP contribution in [0.15, 0.2) is 60.7 Å². The van der Waals surface area contributed by atoms with Crippen molar-refractivity contribution in [3.8, 4) is 11.1 Å². The summed E-state index contributed by atoms with van der Waals surface area (Å²) in [6, 6.07) is 23.3. The second-order valence-corrected chi connectivity index (χ2v) is 8.89. The van der Waals surface area contributed by atoms with Crippen molar-refractivity contribution in [3.63, 3.8) is 0 Å². The van der Waals surface area contributed by atoms with Crippen LogP contribution < -0.4 is 0 Å². The molecule has 0 aliphatic carbocycles. The summed E-state index contributed by atoms with van der Waals surface area (Å²) in [5, 5.41) is 8.99. The van der Waals surface area contributed by atoms with Crippen molar-refractivity contribution >= 4 is 0 Å². The average Bonchev–Trinajstić information content (AvgIpc) is 2.85. The van der Waals surface area contributed by atoms with E-state index in [4.69, 9.17) is 5.11 Å². The van der Waals surface area contributed by atoms with Gasteiger partial charge >= 0.3 is 0 Å². The SMILES string of the molecule is CCc1ccc(CCc2ccc(-c3ccc(CCCCCO)cc3CC)c(CC)c2)cc1. The molecular formula is C31H40O. The van der Waals surface area contributed by atoms with E-state index in [1.807, 2.05) is 0 Å². The highest BCUT2D eigenvalue weighted by atomic mass is 16.2. The van der Waals surface area contributed by atoms with Crippen LogP contribution in [0.25, 0.3) is 11.1 Å². The Kier molecular flexibility index (Phi) is 9.56. The summed E-state index contributed by atoms with van der Waals surface area (Å²) >= 11 is 0. The molecule has 0 saturated carbocycles. The molecule has 3 aromatic carbocycles. The Morgan fingerprint density at radius 3 is 1.53 bits per heavy atom. The van der Waals surface area contributed by atoms with Crippen molar-refractivity contribution in [1.82, 2.24) is 0 Å². The summed E-state index contributed by atoms with van der Waals surface area (Å²) in [7, 11) is 0. The van der Waals surface area contributed by atoms with Crippen LogP contribution in [0.3, 0.4) is 0 Å². The van der Waals surface area contributed by atoms with E-state index in [0.29, 0.717) is 6.61 Å². The van der Waals surface area contributed by atoms with Crippen molar-refractivity contribution in [3.05, 3.63) is 94.0 Å². The lowest BCUT2D eigenvalue weighted by Crippen LogP contribution is -1.98. The van der Waals surface area contributed by atoms with Crippen molar-refractivity contribution in [2.75, 3.05) is 6.61 Å². The Hall–Kier alpha value is -2.38. The Balaban J connectivity index is 1.74. The molecule has 1 heteroatoms. The fourth-order valence-electron chi connectivity index (χ4n) is 4.56. The van der Waals surface area contributed by atoms with Gasteiger partial charge in [0.25, 0.3) is 0 Å². The van der Waals surface area contributed by atoms with Crippen molar-refractivity contribution in [2.24, 2.45) is 0 Å². The topological polar surface area (TPSA) is 20.2 Å². The number of aliphatic hydroxyl groups excluding tert-OH is 1. The summed E-state index contributed by atoms with van der Waals surface area (Å²) in [5.41, 5.74) is 11.4. The van der Waals surface area contributed by atoms with E-state index in [-0.39, 0.29) is 0 Å². The number of aliphatic hydroxyl groups is 1. The van der Waals surface area contributed by atoms with Gasteiger partial charge in [0.2, 0.25) is 0 Å². The fourth-order valence-corrected chi connectivity index (χ4v) is 4.56. The van der Waals surface area contributed by atoms with Crippen LogP contribution in [0.5, 0.6) is 0 Å². The van der Waals surface area contributed by atoms with Crippen LogP contribution in [0, 0.1) is 0 Å². The largest absolute Gasteiger partial charge is 0.396 e. The molecule has 3 rings (SSSR count). The minimum Gasteiger partial charge on any atom is -0.396 e. The molecule has 1 N–H and O–H groups in total. The second-order valence-electron chi connectivity index (χ2n) is 8.89. The maximum atomic E-state index is 8.99. The Labute approximate surface area is 195 Å². The van der Waals surface area contributed by atoms with Crippen molar-refractivity contribution in [2.45, 2.75) is 78.6 Å². The number of unbranched alkanes of at least 4 members (excludes halogenated alkanes) is 2. The third-order valence-corrected chi connectivity index (χ3v) is 6.65. The molecule has 0 unspecified atom stereocenters. The number of hydrogen-bond donors (Lipinski definition) is 1. The maximum absolute atomic E-state index is 8.99. The number of hydrogen-bond acceptors (Lipinski definition) is 1. The van der Waals surface area contributed by atoms with Gasteiger partial charge in [0.15, 0.2) is 0 Å². The third-order valence-electron chi connectivity index (χ3n) is 6.65. The highest BCUT2D eigenvalue weighted by molar-refractivity contribution is 5.71. The molecule has 0 spiro atoms. The first-order chi connectivity index (χ1) is 15.7. The molecule has 32 heavy (non-hydrogen) atoms. The first-order valence-electron chi connectivity index (χ1n) is 12.6. The summed E-state index contributed by atoms with van der Waals surface area (Å²) in [5.74, 6) is 0. The van der Waals surface area contributed by atoms with Gasteiger partial charge in [0.05, 0.1) is 0 Å². The smallest absolute Gasteiger partial charge is 0.0431 e. The molecule has 3 aromatic rings. The fraction of sp³-hybridized carbons (Fsp3) is 0.419. The third kappa shape index (κ3) is 6.56. The summed E-state index contributed by atoms with van der Waals surface area (Å²) in [6.45, 7) is 7.05. The molecule has 0 heterocycles. The van der Waals surface area contributed by atoms with Gasteiger partial charge in [-0.2, -0.15) is 0 Å². The van der Waals surface area contributed by atoms with Gasteiger partial charge < -0.3 is 5.11 Å². The van der Waals surface area contributed by atoms with E-state index < -0.39 is 0 Å². The zero-order valence-corrected chi connectivity index (χ0v) is 20.3.